The monoisotopic (exact) mass is 354 g/mol. The standard InChI is InChI=1S/C16H23BrN2O2/c1-16(2,12-18)7-9-21-15-13(5-4-6-14(15)17)11-19-8-10-20-3/h4-6,19H,7-11H2,1-3H3. The van der Waals surface area contributed by atoms with Crippen LogP contribution in [0, 0.1) is 16.7 Å². The molecule has 0 aromatic heterocycles. The predicted molar refractivity (Wildman–Crippen MR) is 87.2 cm³/mol. The molecule has 0 saturated carbocycles. The molecule has 0 aliphatic rings. The molecule has 0 saturated heterocycles. The van der Waals surface area contributed by atoms with Crippen LogP contribution in [0.4, 0.5) is 0 Å². The molecule has 0 aliphatic heterocycles. The molecule has 1 N–H and O–H groups in total. The van der Waals surface area contributed by atoms with Crippen LogP contribution in [0.3, 0.4) is 0 Å². The molecule has 0 fully saturated rings. The first-order valence-corrected chi connectivity index (χ1v) is 7.80. The number of rotatable bonds is 9. The average molecular weight is 355 g/mol. The Labute approximate surface area is 135 Å². The minimum Gasteiger partial charge on any atom is -0.492 e. The van der Waals surface area contributed by atoms with E-state index < -0.39 is 0 Å². The lowest BCUT2D eigenvalue weighted by Crippen LogP contribution is -2.19. The summed E-state index contributed by atoms with van der Waals surface area (Å²) in [7, 11) is 1.69. The second-order valence-electron chi connectivity index (χ2n) is 5.49. The molecule has 0 amide bonds. The van der Waals surface area contributed by atoms with Crippen molar-refractivity contribution in [2.45, 2.75) is 26.8 Å². The number of benzene rings is 1. The van der Waals surface area contributed by atoms with Crippen molar-refractivity contribution < 1.29 is 9.47 Å². The van der Waals surface area contributed by atoms with Gasteiger partial charge in [-0.15, -0.1) is 0 Å². The highest BCUT2D eigenvalue weighted by Gasteiger charge is 2.17. The van der Waals surface area contributed by atoms with Gasteiger partial charge in [-0.3, -0.25) is 0 Å². The highest BCUT2D eigenvalue weighted by molar-refractivity contribution is 9.10. The van der Waals surface area contributed by atoms with Crippen LogP contribution in [0.2, 0.25) is 0 Å². The van der Waals surface area contributed by atoms with E-state index in [1.165, 1.54) is 0 Å². The molecular weight excluding hydrogens is 332 g/mol. The van der Waals surface area contributed by atoms with Gasteiger partial charge in [0, 0.05) is 25.8 Å². The lowest BCUT2D eigenvalue weighted by molar-refractivity contribution is 0.199. The predicted octanol–water partition coefficient (Wildman–Crippen LogP) is 3.50. The summed E-state index contributed by atoms with van der Waals surface area (Å²) >= 11 is 3.53. The number of ether oxygens (including phenoxy) is 2. The van der Waals surface area contributed by atoms with Crippen LogP contribution in [-0.4, -0.2) is 26.9 Å². The lowest BCUT2D eigenvalue weighted by atomic mass is 9.92. The molecule has 5 heteroatoms. The second-order valence-corrected chi connectivity index (χ2v) is 6.35. The van der Waals surface area contributed by atoms with Gasteiger partial charge >= 0.3 is 0 Å². The van der Waals surface area contributed by atoms with Gasteiger partial charge in [-0.05, 0) is 42.3 Å². The maximum Gasteiger partial charge on any atom is 0.137 e. The SMILES string of the molecule is COCCNCc1cccc(Br)c1OCCC(C)(C)C#N. The van der Waals surface area contributed by atoms with E-state index in [1.54, 1.807) is 7.11 Å². The summed E-state index contributed by atoms with van der Waals surface area (Å²) in [5, 5.41) is 12.3. The quantitative estimate of drug-likeness (QED) is 0.689. The molecular formula is C16H23BrN2O2. The molecule has 1 aromatic rings. The van der Waals surface area contributed by atoms with Gasteiger partial charge in [-0.2, -0.15) is 5.26 Å². The van der Waals surface area contributed by atoms with Gasteiger partial charge < -0.3 is 14.8 Å². The summed E-state index contributed by atoms with van der Waals surface area (Å²) < 4.78 is 11.8. The smallest absolute Gasteiger partial charge is 0.137 e. The van der Waals surface area contributed by atoms with E-state index in [1.807, 2.05) is 32.0 Å². The van der Waals surface area contributed by atoms with Crippen molar-refractivity contribution in [1.29, 1.82) is 5.26 Å². The van der Waals surface area contributed by atoms with E-state index in [9.17, 15) is 0 Å². The molecule has 116 valence electrons. The van der Waals surface area contributed by atoms with Crippen molar-refractivity contribution in [3.8, 4) is 11.8 Å². The summed E-state index contributed by atoms with van der Waals surface area (Å²) in [6.45, 7) is 6.56. The fraction of sp³-hybridized carbons (Fsp3) is 0.562. The van der Waals surface area contributed by atoms with Crippen LogP contribution in [0.25, 0.3) is 0 Å². The Hall–Kier alpha value is -1.09. The number of nitrogens with zero attached hydrogens (tertiary/aromatic N) is 1. The Morgan fingerprint density at radius 3 is 2.76 bits per heavy atom. The fourth-order valence-electron chi connectivity index (χ4n) is 1.72. The van der Waals surface area contributed by atoms with Crippen molar-refractivity contribution in [2.75, 3.05) is 26.9 Å². The maximum atomic E-state index is 9.03. The summed E-state index contributed by atoms with van der Waals surface area (Å²) in [5.41, 5.74) is 0.730. The van der Waals surface area contributed by atoms with Crippen LogP contribution >= 0.6 is 15.9 Å². The van der Waals surface area contributed by atoms with Gasteiger partial charge in [0.15, 0.2) is 0 Å². The summed E-state index contributed by atoms with van der Waals surface area (Å²) in [5.74, 6) is 0.844. The van der Waals surface area contributed by atoms with Gasteiger partial charge in [0.1, 0.15) is 5.75 Å². The van der Waals surface area contributed by atoms with Crippen molar-refractivity contribution in [2.24, 2.45) is 5.41 Å². The van der Waals surface area contributed by atoms with Gasteiger partial charge in [-0.1, -0.05) is 12.1 Å². The molecule has 0 spiro atoms. The summed E-state index contributed by atoms with van der Waals surface area (Å²) in [6.07, 6.45) is 0.696. The number of hydrogen-bond acceptors (Lipinski definition) is 4. The molecule has 0 bridgehead atoms. The lowest BCUT2D eigenvalue weighted by Gasteiger charge is -2.18. The van der Waals surface area contributed by atoms with Crippen molar-refractivity contribution in [3.63, 3.8) is 0 Å². The third kappa shape index (κ3) is 6.47. The van der Waals surface area contributed by atoms with Crippen molar-refractivity contribution in [3.05, 3.63) is 28.2 Å². The maximum absolute atomic E-state index is 9.03. The summed E-state index contributed by atoms with van der Waals surface area (Å²) in [4.78, 5) is 0. The first-order chi connectivity index (χ1) is 10.00. The summed E-state index contributed by atoms with van der Waals surface area (Å²) in [6, 6.07) is 8.28. The van der Waals surface area contributed by atoms with Crippen LogP contribution in [-0.2, 0) is 11.3 Å². The third-order valence-electron chi connectivity index (χ3n) is 3.12. The Balaban J connectivity index is 2.61. The van der Waals surface area contributed by atoms with Crippen molar-refractivity contribution in [1.82, 2.24) is 5.32 Å². The second kappa shape index (κ2) is 9.04. The topological polar surface area (TPSA) is 54.3 Å². The highest BCUT2D eigenvalue weighted by atomic mass is 79.9. The first-order valence-electron chi connectivity index (χ1n) is 7.01. The Bertz CT molecular complexity index is 484. The van der Waals surface area contributed by atoms with E-state index in [-0.39, 0.29) is 5.41 Å². The van der Waals surface area contributed by atoms with Gasteiger partial charge in [0.2, 0.25) is 0 Å². The molecule has 0 atom stereocenters. The molecule has 0 unspecified atom stereocenters. The molecule has 4 nitrogen and oxygen atoms in total. The van der Waals surface area contributed by atoms with Crippen LogP contribution in [0.5, 0.6) is 5.75 Å². The van der Waals surface area contributed by atoms with E-state index in [0.717, 1.165) is 28.9 Å². The van der Waals surface area contributed by atoms with Crippen LogP contribution < -0.4 is 10.1 Å². The van der Waals surface area contributed by atoms with E-state index in [4.69, 9.17) is 14.7 Å². The Morgan fingerprint density at radius 1 is 1.33 bits per heavy atom. The van der Waals surface area contributed by atoms with Gasteiger partial charge in [-0.25, -0.2) is 0 Å². The number of halogens is 1. The molecule has 0 aliphatic carbocycles. The zero-order chi connectivity index (χ0) is 15.7. The zero-order valence-electron chi connectivity index (χ0n) is 12.9. The van der Waals surface area contributed by atoms with Crippen LogP contribution in [0.1, 0.15) is 25.8 Å². The molecule has 1 aromatic carbocycles. The van der Waals surface area contributed by atoms with E-state index in [0.29, 0.717) is 19.6 Å². The number of hydrogen-bond donors (Lipinski definition) is 1. The molecule has 0 radical (unpaired) electrons. The van der Waals surface area contributed by atoms with Gasteiger partial charge in [0.05, 0.1) is 29.2 Å². The van der Waals surface area contributed by atoms with Gasteiger partial charge in [0.25, 0.3) is 0 Å². The number of nitriles is 1. The average Bonchev–Trinajstić information content (AvgIpc) is 2.46. The van der Waals surface area contributed by atoms with E-state index in [2.05, 4.69) is 27.3 Å². The highest BCUT2D eigenvalue weighted by Crippen LogP contribution is 2.30. The number of nitrogens with one attached hydrogen (secondary N) is 1. The normalized spacial score (nSPS) is 11.2. The fourth-order valence-corrected chi connectivity index (χ4v) is 2.24. The minimum atomic E-state index is -0.363. The zero-order valence-corrected chi connectivity index (χ0v) is 14.5. The molecule has 1 rings (SSSR count). The first kappa shape index (κ1) is 18.0. The molecule has 21 heavy (non-hydrogen) atoms. The number of methoxy groups -OCH3 is 1. The van der Waals surface area contributed by atoms with E-state index >= 15 is 0 Å². The third-order valence-corrected chi connectivity index (χ3v) is 3.75. The Kier molecular flexibility index (Phi) is 7.73. The largest absolute Gasteiger partial charge is 0.492 e. The van der Waals surface area contributed by atoms with Crippen molar-refractivity contribution >= 4 is 15.9 Å². The Morgan fingerprint density at radius 2 is 2.10 bits per heavy atom. The number of para-hydroxylation sites is 1. The van der Waals surface area contributed by atoms with Crippen LogP contribution in [0.15, 0.2) is 22.7 Å². The minimum absolute atomic E-state index is 0.363. The molecule has 0 heterocycles.